The van der Waals surface area contributed by atoms with Crippen molar-refractivity contribution in [2.75, 3.05) is 18.5 Å². The number of amides is 3. The summed E-state index contributed by atoms with van der Waals surface area (Å²) in [7, 11) is 0. The van der Waals surface area contributed by atoms with E-state index in [1.807, 2.05) is 0 Å². The van der Waals surface area contributed by atoms with Crippen molar-refractivity contribution in [1.29, 1.82) is 0 Å². The fourth-order valence-electron chi connectivity index (χ4n) is 4.53. The van der Waals surface area contributed by atoms with Crippen molar-refractivity contribution in [3.05, 3.63) is 93.0 Å². The van der Waals surface area contributed by atoms with Crippen LogP contribution in [0.15, 0.2) is 60.7 Å². The van der Waals surface area contributed by atoms with Gasteiger partial charge >= 0.3 is 0 Å². The summed E-state index contributed by atoms with van der Waals surface area (Å²) in [5, 5.41) is 13.9. The summed E-state index contributed by atoms with van der Waals surface area (Å²) in [6.45, 7) is 2.39. The largest absolute Gasteiger partial charge is 0.457 e. The lowest BCUT2D eigenvalue weighted by Gasteiger charge is -2.17. The minimum atomic E-state index is -0.531. The second-order valence-electron chi connectivity index (χ2n) is 8.85. The van der Waals surface area contributed by atoms with Crippen molar-refractivity contribution >= 4 is 29.1 Å². The van der Waals surface area contributed by atoms with Gasteiger partial charge in [0.15, 0.2) is 0 Å². The Hall–Kier alpha value is -4.57. The molecule has 1 fully saturated rings. The van der Waals surface area contributed by atoms with E-state index in [-0.39, 0.29) is 46.8 Å². The maximum Gasteiger partial charge on any atom is 0.273 e. The molecule has 0 aromatic heterocycles. The third kappa shape index (κ3) is 4.78. The van der Waals surface area contributed by atoms with Crippen LogP contribution < -0.4 is 10.1 Å². The van der Waals surface area contributed by atoms with Gasteiger partial charge in [0.2, 0.25) is 0 Å². The number of carbonyl (C=O) groups is 3. The Morgan fingerprint density at radius 2 is 1.84 bits per heavy atom. The number of nitrogens with one attached hydrogen (secondary N) is 1. The Bertz CT molecular complexity index is 1430. The van der Waals surface area contributed by atoms with Crippen molar-refractivity contribution in [1.82, 2.24) is 4.90 Å². The summed E-state index contributed by atoms with van der Waals surface area (Å²) in [5.41, 5.74) is 1.33. The van der Waals surface area contributed by atoms with Crippen molar-refractivity contribution in [3.63, 3.8) is 0 Å². The Morgan fingerprint density at radius 3 is 2.59 bits per heavy atom. The van der Waals surface area contributed by atoms with Gasteiger partial charge in [-0.05, 0) is 56.2 Å². The smallest absolute Gasteiger partial charge is 0.273 e. The number of ether oxygens (including phenoxy) is 2. The number of nitro benzene ring substituents is 1. The second-order valence-corrected chi connectivity index (χ2v) is 8.85. The Balaban J connectivity index is 1.30. The Labute approximate surface area is 211 Å². The van der Waals surface area contributed by atoms with Crippen molar-refractivity contribution in [2.45, 2.75) is 25.9 Å². The first-order valence-electron chi connectivity index (χ1n) is 11.8. The van der Waals surface area contributed by atoms with Crippen LogP contribution >= 0.6 is 0 Å². The summed E-state index contributed by atoms with van der Waals surface area (Å²) in [6, 6.07) is 15.6. The molecule has 2 aliphatic heterocycles. The van der Waals surface area contributed by atoms with E-state index in [4.69, 9.17) is 9.47 Å². The highest BCUT2D eigenvalue weighted by atomic mass is 16.6. The summed E-state index contributed by atoms with van der Waals surface area (Å²) < 4.78 is 11.5. The zero-order valence-electron chi connectivity index (χ0n) is 19.9. The predicted octanol–water partition coefficient (Wildman–Crippen LogP) is 4.72. The number of anilines is 1. The summed E-state index contributed by atoms with van der Waals surface area (Å²) >= 11 is 0. The number of hydrogen-bond acceptors (Lipinski definition) is 7. The molecule has 1 atom stereocenters. The standard InChI is InChI=1S/C27H23N3O7/c1-16-21(8-3-9-24(16)30(34)35)25(31)28-17-5-2-6-18(13-17)37-19-10-11-22-23(14-19)27(33)29(26(22)32)15-20-7-4-12-36-20/h2-3,5-6,8-11,13-14,20H,4,7,12,15H2,1H3,(H,28,31). The van der Waals surface area contributed by atoms with E-state index in [0.717, 1.165) is 12.8 Å². The third-order valence-corrected chi connectivity index (χ3v) is 6.43. The molecule has 1 N–H and O–H groups in total. The molecule has 0 spiro atoms. The Morgan fingerprint density at radius 1 is 1.08 bits per heavy atom. The predicted molar refractivity (Wildman–Crippen MR) is 133 cm³/mol. The van der Waals surface area contributed by atoms with E-state index in [1.54, 1.807) is 36.4 Å². The molecule has 188 valence electrons. The quantitative estimate of drug-likeness (QED) is 0.282. The highest BCUT2D eigenvalue weighted by molar-refractivity contribution is 6.21. The van der Waals surface area contributed by atoms with Gasteiger partial charge in [-0.15, -0.1) is 0 Å². The topological polar surface area (TPSA) is 128 Å². The van der Waals surface area contributed by atoms with Gasteiger partial charge < -0.3 is 14.8 Å². The average Bonchev–Trinajstić information content (AvgIpc) is 3.47. The maximum atomic E-state index is 12.9. The van der Waals surface area contributed by atoms with Gasteiger partial charge in [-0.3, -0.25) is 29.4 Å². The molecule has 3 aromatic carbocycles. The van der Waals surface area contributed by atoms with Gasteiger partial charge in [0.05, 0.1) is 28.7 Å². The molecule has 2 aliphatic rings. The fraction of sp³-hybridized carbons (Fsp3) is 0.222. The number of nitro groups is 1. The van der Waals surface area contributed by atoms with Crippen LogP contribution in [0.4, 0.5) is 11.4 Å². The first-order valence-corrected chi connectivity index (χ1v) is 11.8. The maximum absolute atomic E-state index is 12.9. The number of hydrogen-bond donors (Lipinski definition) is 1. The van der Waals surface area contributed by atoms with E-state index in [1.165, 1.54) is 36.1 Å². The minimum absolute atomic E-state index is 0.135. The molecular weight excluding hydrogens is 478 g/mol. The van der Waals surface area contributed by atoms with Crippen LogP contribution in [0.3, 0.4) is 0 Å². The summed E-state index contributed by atoms with van der Waals surface area (Å²) in [6.07, 6.45) is 1.59. The van der Waals surface area contributed by atoms with Crippen LogP contribution in [0.25, 0.3) is 0 Å². The number of imide groups is 1. The van der Waals surface area contributed by atoms with Crippen LogP contribution in [0.2, 0.25) is 0 Å². The molecule has 3 aromatic rings. The zero-order valence-corrected chi connectivity index (χ0v) is 19.9. The van der Waals surface area contributed by atoms with Crippen molar-refractivity contribution in [3.8, 4) is 11.5 Å². The number of rotatable bonds is 7. The Kier molecular flexibility index (Phi) is 6.41. The van der Waals surface area contributed by atoms with Gasteiger partial charge in [0.25, 0.3) is 23.4 Å². The second kappa shape index (κ2) is 9.82. The van der Waals surface area contributed by atoms with E-state index < -0.39 is 10.8 Å². The molecule has 2 heterocycles. The van der Waals surface area contributed by atoms with Gasteiger partial charge in [-0.1, -0.05) is 12.1 Å². The number of nitrogens with zero attached hydrogens (tertiary/aromatic N) is 2. The van der Waals surface area contributed by atoms with E-state index in [2.05, 4.69) is 5.32 Å². The molecule has 10 nitrogen and oxygen atoms in total. The molecule has 0 saturated carbocycles. The highest BCUT2D eigenvalue weighted by Crippen LogP contribution is 2.31. The third-order valence-electron chi connectivity index (χ3n) is 6.43. The summed E-state index contributed by atoms with van der Waals surface area (Å²) in [5.74, 6) is -0.470. The lowest BCUT2D eigenvalue weighted by atomic mass is 10.1. The van der Waals surface area contributed by atoms with E-state index in [9.17, 15) is 24.5 Å². The molecule has 3 amide bonds. The average molecular weight is 501 g/mol. The minimum Gasteiger partial charge on any atom is -0.457 e. The normalized spacial score (nSPS) is 16.6. The molecule has 37 heavy (non-hydrogen) atoms. The number of carbonyl (C=O) groups excluding carboxylic acids is 3. The molecule has 0 aliphatic carbocycles. The van der Waals surface area contributed by atoms with Crippen LogP contribution in [0.5, 0.6) is 11.5 Å². The molecule has 0 bridgehead atoms. The lowest BCUT2D eigenvalue weighted by Crippen LogP contribution is -2.36. The van der Waals surface area contributed by atoms with Crippen LogP contribution in [-0.2, 0) is 4.74 Å². The molecule has 5 rings (SSSR count). The number of benzene rings is 3. The molecule has 0 radical (unpaired) electrons. The van der Waals surface area contributed by atoms with Crippen molar-refractivity contribution in [2.24, 2.45) is 0 Å². The van der Waals surface area contributed by atoms with Crippen LogP contribution in [0.1, 0.15) is 49.5 Å². The molecular formula is C27H23N3O7. The van der Waals surface area contributed by atoms with Gasteiger partial charge in [0, 0.05) is 35.6 Å². The molecule has 10 heteroatoms. The first-order chi connectivity index (χ1) is 17.8. The summed E-state index contributed by atoms with van der Waals surface area (Å²) in [4.78, 5) is 50.3. The number of fused-ring (bicyclic) bond motifs is 1. The van der Waals surface area contributed by atoms with Gasteiger partial charge in [-0.25, -0.2) is 0 Å². The van der Waals surface area contributed by atoms with Crippen LogP contribution in [0, 0.1) is 17.0 Å². The van der Waals surface area contributed by atoms with E-state index >= 15 is 0 Å². The molecule has 1 unspecified atom stereocenters. The fourth-order valence-corrected chi connectivity index (χ4v) is 4.53. The van der Waals surface area contributed by atoms with Crippen LogP contribution in [-0.4, -0.2) is 46.8 Å². The van der Waals surface area contributed by atoms with Gasteiger partial charge in [-0.2, -0.15) is 0 Å². The monoisotopic (exact) mass is 501 g/mol. The van der Waals surface area contributed by atoms with Gasteiger partial charge in [0.1, 0.15) is 11.5 Å². The SMILES string of the molecule is Cc1c(C(=O)Nc2cccc(Oc3ccc4c(c3)C(=O)N(CC3CCCO3)C4=O)c2)cccc1[N+](=O)[O-]. The molecule has 1 saturated heterocycles. The lowest BCUT2D eigenvalue weighted by molar-refractivity contribution is -0.385. The first kappa shape index (κ1) is 24.1. The zero-order chi connectivity index (χ0) is 26.1. The highest BCUT2D eigenvalue weighted by Gasteiger charge is 2.37. The van der Waals surface area contributed by atoms with E-state index in [0.29, 0.717) is 29.4 Å². The van der Waals surface area contributed by atoms with Crippen molar-refractivity contribution < 1.29 is 28.8 Å².